The first-order chi connectivity index (χ1) is 10.2. The molecule has 0 radical (unpaired) electrons. The molecule has 2 amide bonds. The summed E-state index contributed by atoms with van der Waals surface area (Å²) in [5, 5.41) is 11.9. The Morgan fingerprint density at radius 1 is 1.24 bits per heavy atom. The number of hydrogen-bond donors (Lipinski definition) is 2. The summed E-state index contributed by atoms with van der Waals surface area (Å²) in [5.41, 5.74) is 1.07. The van der Waals surface area contributed by atoms with Gasteiger partial charge in [0.15, 0.2) is 0 Å². The number of benzene rings is 1. The van der Waals surface area contributed by atoms with E-state index in [1.165, 1.54) is 0 Å². The SMILES string of the molecule is O=C(O)[C@H](CCc1ccccc1)NC(=O)N1CC=CCC1. The lowest BCUT2D eigenvalue weighted by atomic mass is 10.1. The standard InChI is InChI=1S/C16H20N2O3/c19-15(20)14(10-9-13-7-3-1-4-8-13)17-16(21)18-11-5-2-6-12-18/h1-5,7-8,14H,6,9-12H2,(H,17,21)(H,19,20)/t14-/m0/s1. The number of carboxylic acid groups (broad SMARTS) is 1. The number of carbonyl (C=O) groups is 2. The van der Waals surface area contributed by atoms with Crippen molar-refractivity contribution in [3.8, 4) is 0 Å². The zero-order chi connectivity index (χ0) is 15.1. The van der Waals surface area contributed by atoms with Gasteiger partial charge in [0, 0.05) is 13.1 Å². The van der Waals surface area contributed by atoms with Crippen LogP contribution in [0.5, 0.6) is 0 Å². The molecule has 0 fully saturated rings. The smallest absolute Gasteiger partial charge is 0.326 e. The van der Waals surface area contributed by atoms with Gasteiger partial charge < -0.3 is 15.3 Å². The van der Waals surface area contributed by atoms with Crippen molar-refractivity contribution < 1.29 is 14.7 Å². The maximum Gasteiger partial charge on any atom is 0.326 e. The molecule has 0 bridgehead atoms. The molecular weight excluding hydrogens is 268 g/mol. The molecule has 0 aliphatic carbocycles. The number of aliphatic carboxylic acids is 1. The molecule has 1 aromatic rings. The quantitative estimate of drug-likeness (QED) is 0.815. The van der Waals surface area contributed by atoms with Gasteiger partial charge in [-0.15, -0.1) is 0 Å². The number of carbonyl (C=O) groups excluding carboxylic acids is 1. The van der Waals surface area contributed by atoms with Crippen LogP contribution in [-0.2, 0) is 11.2 Å². The van der Waals surface area contributed by atoms with E-state index in [-0.39, 0.29) is 6.03 Å². The highest BCUT2D eigenvalue weighted by Crippen LogP contribution is 2.07. The van der Waals surface area contributed by atoms with Gasteiger partial charge in [0.2, 0.25) is 0 Å². The Morgan fingerprint density at radius 3 is 2.62 bits per heavy atom. The summed E-state index contributed by atoms with van der Waals surface area (Å²) in [6.07, 6.45) is 5.76. The van der Waals surface area contributed by atoms with Gasteiger partial charge in [0.05, 0.1) is 0 Å². The van der Waals surface area contributed by atoms with Crippen LogP contribution in [0.15, 0.2) is 42.5 Å². The van der Waals surface area contributed by atoms with Crippen molar-refractivity contribution in [1.82, 2.24) is 10.2 Å². The summed E-state index contributed by atoms with van der Waals surface area (Å²) in [7, 11) is 0. The second-order valence-electron chi connectivity index (χ2n) is 5.07. The minimum Gasteiger partial charge on any atom is -0.480 e. The first-order valence-electron chi connectivity index (χ1n) is 7.14. The molecule has 21 heavy (non-hydrogen) atoms. The monoisotopic (exact) mass is 288 g/mol. The minimum atomic E-state index is -0.994. The number of aryl methyl sites for hydroxylation is 1. The van der Waals surface area contributed by atoms with Gasteiger partial charge >= 0.3 is 12.0 Å². The van der Waals surface area contributed by atoms with Crippen molar-refractivity contribution >= 4 is 12.0 Å². The third-order valence-electron chi connectivity index (χ3n) is 3.51. The van der Waals surface area contributed by atoms with Gasteiger partial charge in [-0.25, -0.2) is 9.59 Å². The average Bonchev–Trinajstić information content (AvgIpc) is 2.52. The molecule has 0 aromatic heterocycles. The van der Waals surface area contributed by atoms with Crippen LogP contribution < -0.4 is 5.32 Å². The fourth-order valence-corrected chi connectivity index (χ4v) is 2.28. The summed E-state index contributed by atoms with van der Waals surface area (Å²) in [4.78, 5) is 25.0. The number of urea groups is 1. The topological polar surface area (TPSA) is 69.6 Å². The molecule has 0 saturated carbocycles. The van der Waals surface area contributed by atoms with Crippen LogP contribution in [0.2, 0.25) is 0 Å². The van der Waals surface area contributed by atoms with E-state index < -0.39 is 12.0 Å². The predicted octanol–water partition coefficient (Wildman–Crippen LogP) is 2.04. The van der Waals surface area contributed by atoms with Crippen molar-refractivity contribution in [2.45, 2.75) is 25.3 Å². The minimum absolute atomic E-state index is 0.306. The molecule has 112 valence electrons. The van der Waals surface area contributed by atoms with E-state index in [2.05, 4.69) is 5.32 Å². The van der Waals surface area contributed by atoms with Crippen LogP contribution in [0.25, 0.3) is 0 Å². The summed E-state index contributed by atoms with van der Waals surface area (Å²) in [6.45, 7) is 1.17. The largest absolute Gasteiger partial charge is 0.480 e. The molecule has 1 aromatic carbocycles. The lowest BCUT2D eigenvalue weighted by molar-refractivity contribution is -0.139. The normalized spacial score (nSPS) is 15.5. The molecule has 0 spiro atoms. The summed E-state index contributed by atoms with van der Waals surface area (Å²) in [6, 6.07) is 8.51. The van der Waals surface area contributed by atoms with Gasteiger partial charge in [0.25, 0.3) is 0 Å². The van der Waals surface area contributed by atoms with Gasteiger partial charge in [-0.1, -0.05) is 42.5 Å². The third-order valence-corrected chi connectivity index (χ3v) is 3.51. The first kappa shape index (κ1) is 15.1. The van der Waals surface area contributed by atoms with E-state index in [1.807, 2.05) is 42.5 Å². The van der Waals surface area contributed by atoms with E-state index in [0.29, 0.717) is 25.9 Å². The molecule has 1 atom stereocenters. The number of amides is 2. The van der Waals surface area contributed by atoms with Gasteiger partial charge in [-0.05, 0) is 24.8 Å². The fourth-order valence-electron chi connectivity index (χ4n) is 2.28. The van der Waals surface area contributed by atoms with E-state index in [4.69, 9.17) is 0 Å². The Hall–Kier alpha value is -2.30. The molecule has 0 saturated heterocycles. The highest BCUT2D eigenvalue weighted by atomic mass is 16.4. The summed E-state index contributed by atoms with van der Waals surface area (Å²) >= 11 is 0. The molecule has 1 aliphatic rings. The van der Waals surface area contributed by atoms with Gasteiger partial charge in [-0.3, -0.25) is 0 Å². The van der Waals surface area contributed by atoms with Crippen LogP contribution in [-0.4, -0.2) is 41.1 Å². The average molecular weight is 288 g/mol. The van der Waals surface area contributed by atoms with Crippen LogP contribution in [0.1, 0.15) is 18.4 Å². The van der Waals surface area contributed by atoms with Crippen molar-refractivity contribution in [2.24, 2.45) is 0 Å². The van der Waals surface area contributed by atoms with E-state index in [9.17, 15) is 14.7 Å². The van der Waals surface area contributed by atoms with Gasteiger partial charge in [0.1, 0.15) is 6.04 Å². The molecule has 5 heteroatoms. The second-order valence-corrected chi connectivity index (χ2v) is 5.07. The zero-order valence-corrected chi connectivity index (χ0v) is 11.9. The Morgan fingerprint density at radius 2 is 2.00 bits per heavy atom. The van der Waals surface area contributed by atoms with Crippen molar-refractivity contribution in [1.29, 1.82) is 0 Å². The molecule has 2 N–H and O–H groups in total. The number of nitrogens with one attached hydrogen (secondary N) is 1. The van der Waals surface area contributed by atoms with Crippen molar-refractivity contribution in [3.63, 3.8) is 0 Å². The van der Waals surface area contributed by atoms with Crippen molar-refractivity contribution in [3.05, 3.63) is 48.0 Å². The highest BCUT2D eigenvalue weighted by molar-refractivity contribution is 5.82. The van der Waals surface area contributed by atoms with Crippen molar-refractivity contribution in [2.75, 3.05) is 13.1 Å². The molecule has 2 rings (SSSR count). The number of hydrogen-bond acceptors (Lipinski definition) is 2. The molecule has 5 nitrogen and oxygen atoms in total. The Kier molecular flexibility index (Phi) is 5.37. The molecule has 1 heterocycles. The molecule has 0 unspecified atom stereocenters. The maximum atomic E-state index is 12.0. The van der Waals surface area contributed by atoms with Gasteiger partial charge in [-0.2, -0.15) is 0 Å². The lowest BCUT2D eigenvalue weighted by Gasteiger charge is -2.25. The number of carboxylic acids is 1. The van der Waals surface area contributed by atoms with Crippen LogP contribution in [0.3, 0.4) is 0 Å². The van der Waals surface area contributed by atoms with Crippen LogP contribution in [0.4, 0.5) is 4.79 Å². The van der Waals surface area contributed by atoms with E-state index in [0.717, 1.165) is 12.0 Å². The number of nitrogens with zero attached hydrogens (tertiary/aromatic N) is 1. The maximum absolute atomic E-state index is 12.0. The molecular formula is C16H20N2O3. The predicted molar refractivity (Wildman–Crippen MR) is 80.0 cm³/mol. The van der Waals surface area contributed by atoms with Crippen LogP contribution in [0, 0.1) is 0 Å². The number of rotatable bonds is 5. The first-order valence-corrected chi connectivity index (χ1v) is 7.14. The lowest BCUT2D eigenvalue weighted by Crippen LogP contribution is -2.49. The zero-order valence-electron chi connectivity index (χ0n) is 11.9. The fraction of sp³-hybridized carbons (Fsp3) is 0.375. The highest BCUT2D eigenvalue weighted by Gasteiger charge is 2.22. The Labute approximate surface area is 124 Å². The van der Waals surface area contributed by atoms with Crippen LogP contribution >= 0.6 is 0 Å². The molecule has 1 aliphatic heterocycles. The summed E-state index contributed by atoms with van der Waals surface area (Å²) < 4.78 is 0. The van der Waals surface area contributed by atoms with E-state index >= 15 is 0 Å². The van der Waals surface area contributed by atoms with E-state index in [1.54, 1.807) is 4.90 Å². The Balaban J connectivity index is 1.88. The third kappa shape index (κ3) is 4.63. The summed E-state index contributed by atoms with van der Waals surface area (Å²) in [5.74, 6) is -0.994. The second kappa shape index (κ2) is 7.47. The Bertz CT molecular complexity index is 514.